The van der Waals surface area contributed by atoms with E-state index in [4.69, 9.17) is 0 Å². The Labute approximate surface area is 142 Å². The van der Waals surface area contributed by atoms with Crippen LogP contribution in [0.2, 0.25) is 0 Å². The van der Waals surface area contributed by atoms with E-state index in [0.717, 1.165) is 44.3 Å². The number of carbonyl (C=O) groups is 2. The highest BCUT2D eigenvalue weighted by molar-refractivity contribution is 5.88. The molecule has 1 aliphatic rings. The quantitative estimate of drug-likeness (QED) is 0.636. The van der Waals surface area contributed by atoms with Crippen molar-refractivity contribution < 1.29 is 9.59 Å². The van der Waals surface area contributed by atoms with Gasteiger partial charge in [0.25, 0.3) is 0 Å². The third-order valence-corrected chi connectivity index (χ3v) is 4.09. The molecule has 0 aromatic heterocycles. The largest absolute Gasteiger partial charge is 0.358 e. The van der Waals surface area contributed by atoms with Gasteiger partial charge in [-0.25, -0.2) is 0 Å². The van der Waals surface area contributed by atoms with Gasteiger partial charge in [0, 0.05) is 26.2 Å². The van der Waals surface area contributed by atoms with Crippen molar-refractivity contribution in [3.8, 4) is 6.07 Å². The first-order chi connectivity index (χ1) is 11.7. The summed E-state index contributed by atoms with van der Waals surface area (Å²) >= 11 is 0. The van der Waals surface area contributed by atoms with Crippen LogP contribution in [0.5, 0.6) is 0 Å². The molecule has 1 aromatic rings. The standard InChI is InChI=1S/C18H22N4O2/c1-20-17(24)11-18(21-9-5-2-6-10-21)22(14-23)13-16-8-4-3-7-15(16)12-19/h3-4,7-8,11,14H,2,5-6,9-10,13H2,1H3,(H,20,24)/b18-11-. The van der Waals surface area contributed by atoms with Crippen molar-refractivity contribution in [2.24, 2.45) is 0 Å². The van der Waals surface area contributed by atoms with Crippen LogP contribution >= 0.6 is 0 Å². The summed E-state index contributed by atoms with van der Waals surface area (Å²) < 4.78 is 0. The minimum absolute atomic E-state index is 0.254. The lowest BCUT2D eigenvalue weighted by molar-refractivity contribution is -0.118. The number of piperidine rings is 1. The van der Waals surface area contributed by atoms with Crippen LogP contribution < -0.4 is 5.32 Å². The second-order valence-corrected chi connectivity index (χ2v) is 5.67. The number of nitriles is 1. The number of likely N-dealkylation sites (tertiary alicyclic amines) is 1. The smallest absolute Gasteiger partial charge is 0.247 e. The Kier molecular flexibility index (Phi) is 6.38. The molecule has 1 heterocycles. The van der Waals surface area contributed by atoms with Crippen LogP contribution in [0.4, 0.5) is 0 Å². The first-order valence-corrected chi connectivity index (χ1v) is 8.08. The predicted molar refractivity (Wildman–Crippen MR) is 90.3 cm³/mol. The SMILES string of the molecule is CNC(=O)/C=C(\N(C=O)Cc1ccccc1C#N)N1CCCCC1. The summed E-state index contributed by atoms with van der Waals surface area (Å²) in [6.07, 6.45) is 5.40. The van der Waals surface area contributed by atoms with Crippen LogP contribution in [-0.2, 0) is 16.1 Å². The van der Waals surface area contributed by atoms with Gasteiger partial charge in [-0.2, -0.15) is 5.26 Å². The average molecular weight is 326 g/mol. The van der Waals surface area contributed by atoms with Crippen LogP contribution in [-0.4, -0.2) is 42.3 Å². The maximum atomic E-state index is 11.9. The molecule has 0 spiro atoms. The predicted octanol–water partition coefficient (Wildman–Crippen LogP) is 1.59. The van der Waals surface area contributed by atoms with Crippen molar-refractivity contribution in [1.82, 2.24) is 15.1 Å². The third-order valence-electron chi connectivity index (χ3n) is 4.09. The highest BCUT2D eigenvalue weighted by atomic mass is 16.1. The number of benzene rings is 1. The molecule has 2 amide bonds. The Morgan fingerprint density at radius 1 is 1.33 bits per heavy atom. The number of hydrogen-bond acceptors (Lipinski definition) is 4. The number of carbonyl (C=O) groups excluding carboxylic acids is 2. The Hall–Kier alpha value is -2.81. The Morgan fingerprint density at radius 2 is 2.04 bits per heavy atom. The van der Waals surface area contributed by atoms with Gasteiger partial charge in [0.05, 0.1) is 18.2 Å². The molecule has 1 fully saturated rings. The normalized spacial score (nSPS) is 14.7. The summed E-state index contributed by atoms with van der Waals surface area (Å²) in [5.74, 6) is 0.327. The van der Waals surface area contributed by atoms with Gasteiger partial charge < -0.3 is 10.2 Å². The summed E-state index contributed by atoms with van der Waals surface area (Å²) in [4.78, 5) is 27.1. The zero-order valence-electron chi connectivity index (χ0n) is 13.9. The third kappa shape index (κ3) is 4.35. The summed E-state index contributed by atoms with van der Waals surface area (Å²) in [7, 11) is 1.56. The van der Waals surface area contributed by atoms with Crippen molar-refractivity contribution in [2.45, 2.75) is 25.8 Å². The lowest BCUT2D eigenvalue weighted by Gasteiger charge is -2.35. The number of nitrogens with one attached hydrogen (secondary N) is 1. The van der Waals surface area contributed by atoms with Gasteiger partial charge >= 0.3 is 0 Å². The first kappa shape index (κ1) is 17.5. The summed E-state index contributed by atoms with van der Waals surface area (Å²) in [6.45, 7) is 1.88. The molecule has 0 atom stereocenters. The van der Waals surface area contributed by atoms with Crippen molar-refractivity contribution >= 4 is 12.3 Å². The van der Waals surface area contributed by atoms with Gasteiger partial charge in [0.2, 0.25) is 12.3 Å². The molecule has 126 valence electrons. The van der Waals surface area contributed by atoms with E-state index in [-0.39, 0.29) is 12.5 Å². The molecule has 0 bridgehead atoms. The van der Waals surface area contributed by atoms with Crippen LogP contribution in [0, 0.1) is 11.3 Å². The van der Waals surface area contributed by atoms with Crippen LogP contribution in [0.15, 0.2) is 36.2 Å². The number of amides is 2. The van der Waals surface area contributed by atoms with Gasteiger partial charge in [0.1, 0.15) is 5.82 Å². The van der Waals surface area contributed by atoms with E-state index in [9.17, 15) is 14.9 Å². The number of rotatable bonds is 6. The lowest BCUT2D eigenvalue weighted by Crippen LogP contribution is -2.39. The van der Waals surface area contributed by atoms with Crippen molar-refractivity contribution in [1.29, 1.82) is 5.26 Å². The molecular formula is C18H22N4O2. The van der Waals surface area contributed by atoms with Gasteiger partial charge in [-0.3, -0.25) is 14.5 Å². The fraction of sp³-hybridized carbons (Fsp3) is 0.389. The van der Waals surface area contributed by atoms with Gasteiger partial charge in [-0.1, -0.05) is 18.2 Å². The van der Waals surface area contributed by atoms with Crippen molar-refractivity contribution in [3.05, 3.63) is 47.3 Å². The maximum Gasteiger partial charge on any atom is 0.247 e. The molecular weight excluding hydrogens is 304 g/mol. The van der Waals surface area contributed by atoms with Crippen LogP contribution in [0.3, 0.4) is 0 Å². The van der Waals surface area contributed by atoms with E-state index in [0.29, 0.717) is 11.4 Å². The molecule has 1 aliphatic heterocycles. The highest BCUT2D eigenvalue weighted by Crippen LogP contribution is 2.20. The van der Waals surface area contributed by atoms with E-state index in [1.54, 1.807) is 19.2 Å². The average Bonchev–Trinajstić information content (AvgIpc) is 2.65. The molecule has 1 N–H and O–H groups in total. The lowest BCUT2D eigenvalue weighted by atomic mass is 10.1. The van der Waals surface area contributed by atoms with Gasteiger partial charge in [-0.05, 0) is 30.9 Å². The first-order valence-electron chi connectivity index (χ1n) is 8.08. The maximum absolute atomic E-state index is 11.9. The molecule has 2 rings (SSSR count). The van der Waals surface area contributed by atoms with Crippen LogP contribution in [0.25, 0.3) is 0 Å². The van der Waals surface area contributed by atoms with E-state index >= 15 is 0 Å². The fourth-order valence-electron chi connectivity index (χ4n) is 2.79. The Bertz CT molecular complexity index is 657. The van der Waals surface area contributed by atoms with Crippen molar-refractivity contribution in [3.63, 3.8) is 0 Å². The molecule has 1 aromatic carbocycles. The van der Waals surface area contributed by atoms with E-state index < -0.39 is 0 Å². The number of likely N-dealkylation sites (N-methyl/N-ethyl adjacent to an activating group) is 1. The summed E-state index contributed by atoms with van der Waals surface area (Å²) in [5.41, 5.74) is 1.29. The fourth-order valence-corrected chi connectivity index (χ4v) is 2.79. The zero-order valence-corrected chi connectivity index (χ0v) is 13.9. The van der Waals surface area contributed by atoms with E-state index in [1.807, 2.05) is 12.1 Å². The number of hydrogen-bond donors (Lipinski definition) is 1. The number of nitrogens with zero attached hydrogens (tertiary/aromatic N) is 3. The monoisotopic (exact) mass is 326 g/mol. The van der Waals surface area contributed by atoms with Gasteiger partial charge in [-0.15, -0.1) is 0 Å². The van der Waals surface area contributed by atoms with Crippen molar-refractivity contribution in [2.75, 3.05) is 20.1 Å². The topological polar surface area (TPSA) is 76.4 Å². The molecule has 0 unspecified atom stereocenters. The van der Waals surface area contributed by atoms with E-state index in [2.05, 4.69) is 16.3 Å². The molecule has 1 saturated heterocycles. The second kappa shape index (κ2) is 8.73. The Morgan fingerprint density at radius 3 is 2.67 bits per heavy atom. The zero-order chi connectivity index (χ0) is 17.4. The molecule has 24 heavy (non-hydrogen) atoms. The van der Waals surface area contributed by atoms with Gasteiger partial charge in [0.15, 0.2) is 0 Å². The highest BCUT2D eigenvalue weighted by Gasteiger charge is 2.21. The molecule has 0 saturated carbocycles. The molecule has 6 nitrogen and oxygen atoms in total. The molecule has 6 heteroatoms. The van der Waals surface area contributed by atoms with E-state index in [1.165, 1.54) is 11.0 Å². The minimum atomic E-state index is -0.254. The molecule has 0 aliphatic carbocycles. The second-order valence-electron chi connectivity index (χ2n) is 5.67. The molecule has 0 radical (unpaired) electrons. The minimum Gasteiger partial charge on any atom is -0.358 e. The van der Waals surface area contributed by atoms with Crippen LogP contribution in [0.1, 0.15) is 30.4 Å². The summed E-state index contributed by atoms with van der Waals surface area (Å²) in [5, 5.41) is 11.8. The Balaban J connectivity index is 2.31. The summed E-state index contributed by atoms with van der Waals surface area (Å²) in [6, 6.07) is 9.31.